The summed E-state index contributed by atoms with van der Waals surface area (Å²) in [6.07, 6.45) is 6.08. The van der Waals surface area contributed by atoms with Gasteiger partial charge in [0.1, 0.15) is 0 Å². The van der Waals surface area contributed by atoms with Crippen molar-refractivity contribution in [3.05, 3.63) is 65.7 Å². The third-order valence-corrected chi connectivity index (χ3v) is 6.53. The zero-order valence-electron chi connectivity index (χ0n) is 14.4. The maximum Gasteiger partial charge on any atom is 0.237 e. The highest BCUT2D eigenvalue weighted by atomic mass is 16.2. The number of nitrogens with zero attached hydrogens (tertiary/aromatic N) is 1. The molecule has 1 saturated carbocycles. The van der Waals surface area contributed by atoms with E-state index < -0.39 is 5.41 Å². The van der Waals surface area contributed by atoms with Crippen molar-refractivity contribution in [2.45, 2.75) is 49.6 Å². The van der Waals surface area contributed by atoms with E-state index in [9.17, 15) is 4.79 Å². The topological polar surface area (TPSA) is 32.3 Å². The molecule has 0 radical (unpaired) electrons. The second-order valence-electron chi connectivity index (χ2n) is 7.71. The van der Waals surface area contributed by atoms with Crippen molar-refractivity contribution in [2.75, 3.05) is 11.9 Å². The summed E-state index contributed by atoms with van der Waals surface area (Å²) in [5, 5.41) is 3.18. The van der Waals surface area contributed by atoms with E-state index in [0.717, 1.165) is 18.7 Å². The number of likely N-dealkylation sites (tertiary alicyclic amines) is 1. The van der Waals surface area contributed by atoms with Crippen LogP contribution in [0.4, 0.5) is 5.69 Å². The Labute approximate surface area is 149 Å². The fourth-order valence-corrected chi connectivity index (χ4v) is 5.45. The molecule has 3 aliphatic rings. The van der Waals surface area contributed by atoms with Gasteiger partial charge in [-0.15, -0.1) is 0 Å². The summed E-state index contributed by atoms with van der Waals surface area (Å²) in [7, 11) is 0. The van der Waals surface area contributed by atoms with Gasteiger partial charge in [-0.25, -0.2) is 0 Å². The van der Waals surface area contributed by atoms with Crippen molar-refractivity contribution < 1.29 is 4.79 Å². The zero-order chi connectivity index (χ0) is 16.9. The molecule has 0 unspecified atom stereocenters. The average molecular weight is 332 g/mol. The normalized spacial score (nSPS) is 29.3. The van der Waals surface area contributed by atoms with Crippen molar-refractivity contribution in [3.63, 3.8) is 0 Å². The number of carbonyl (C=O) groups excluding carboxylic acids is 1. The molecule has 3 nitrogen and oxygen atoms in total. The van der Waals surface area contributed by atoms with Crippen LogP contribution >= 0.6 is 0 Å². The lowest BCUT2D eigenvalue weighted by Gasteiger charge is -2.37. The van der Waals surface area contributed by atoms with Gasteiger partial charge in [0.15, 0.2) is 0 Å². The Morgan fingerprint density at radius 1 is 0.960 bits per heavy atom. The zero-order valence-corrected chi connectivity index (χ0v) is 14.4. The Bertz CT molecular complexity index is 797. The summed E-state index contributed by atoms with van der Waals surface area (Å²) >= 11 is 0. The Morgan fingerprint density at radius 2 is 1.68 bits per heavy atom. The van der Waals surface area contributed by atoms with Gasteiger partial charge >= 0.3 is 0 Å². The van der Waals surface area contributed by atoms with Gasteiger partial charge in [0, 0.05) is 18.3 Å². The number of rotatable bonds is 2. The van der Waals surface area contributed by atoms with E-state index in [1.807, 2.05) is 12.1 Å². The minimum Gasteiger partial charge on any atom is -0.325 e. The second kappa shape index (κ2) is 5.70. The standard InChI is InChI=1S/C22H24N2O/c25-21-22(18-12-6-7-13-19(18)23-21)14-15-24(17-10-4-5-11-17)20(22)16-8-2-1-3-9-16/h1-3,6-9,12-13,17,20H,4-5,10-11,14-15H2,(H,23,25)/t20-,22-/m0/s1. The van der Waals surface area contributed by atoms with E-state index in [2.05, 4.69) is 52.7 Å². The summed E-state index contributed by atoms with van der Waals surface area (Å²) < 4.78 is 0. The van der Waals surface area contributed by atoms with Gasteiger partial charge in [0.25, 0.3) is 0 Å². The van der Waals surface area contributed by atoms with Crippen LogP contribution in [0.5, 0.6) is 0 Å². The molecule has 2 heterocycles. The van der Waals surface area contributed by atoms with Crippen LogP contribution in [-0.2, 0) is 10.2 Å². The predicted octanol–water partition coefficient (Wildman–Crippen LogP) is 4.27. The minimum absolute atomic E-state index is 0.139. The van der Waals surface area contributed by atoms with Crippen LogP contribution in [0.15, 0.2) is 54.6 Å². The van der Waals surface area contributed by atoms with Crippen molar-refractivity contribution in [1.82, 2.24) is 4.90 Å². The molecule has 1 amide bonds. The van der Waals surface area contributed by atoms with Crippen LogP contribution in [0.25, 0.3) is 0 Å². The van der Waals surface area contributed by atoms with Crippen LogP contribution in [0.1, 0.15) is 49.3 Å². The van der Waals surface area contributed by atoms with E-state index in [0.29, 0.717) is 6.04 Å². The van der Waals surface area contributed by atoms with Gasteiger partial charge in [0.2, 0.25) is 5.91 Å². The number of hydrogen-bond acceptors (Lipinski definition) is 2. The molecule has 2 fully saturated rings. The largest absolute Gasteiger partial charge is 0.325 e. The molecule has 1 aliphatic carbocycles. The highest BCUT2D eigenvalue weighted by Crippen LogP contribution is 2.56. The third-order valence-electron chi connectivity index (χ3n) is 6.53. The molecular weight excluding hydrogens is 308 g/mol. The fraction of sp³-hybridized carbons (Fsp3) is 0.409. The molecule has 5 rings (SSSR count). The van der Waals surface area contributed by atoms with Gasteiger partial charge in [-0.3, -0.25) is 9.69 Å². The number of fused-ring (bicyclic) bond motifs is 2. The molecule has 128 valence electrons. The first-order valence-electron chi connectivity index (χ1n) is 9.52. The summed E-state index contributed by atoms with van der Waals surface area (Å²) in [6.45, 7) is 1.01. The fourth-order valence-electron chi connectivity index (χ4n) is 5.45. The highest BCUT2D eigenvalue weighted by Gasteiger charge is 2.59. The number of hydrogen-bond donors (Lipinski definition) is 1. The first kappa shape index (κ1) is 15.2. The number of nitrogens with one attached hydrogen (secondary N) is 1. The van der Waals surface area contributed by atoms with Gasteiger partial charge < -0.3 is 5.32 Å². The third kappa shape index (κ3) is 2.12. The Balaban J connectivity index is 1.67. The Hall–Kier alpha value is -2.13. The second-order valence-corrected chi connectivity index (χ2v) is 7.71. The predicted molar refractivity (Wildman–Crippen MR) is 99.5 cm³/mol. The summed E-state index contributed by atoms with van der Waals surface area (Å²) in [6, 6.07) is 19.7. The minimum atomic E-state index is -0.444. The van der Waals surface area contributed by atoms with Crippen LogP contribution in [0.2, 0.25) is 0 Å². The van der Waals surface area contributed by atoms with E-state index in [1.54, 1.807) is 0 Å². The van der Waals surface area contributed by atoms with Crippen LogP contribution < -0.4 is 5.32 Å². The molecule has 2 aliphatic heterocycles. The molecule has 1 spiro atoms. The van der Waals surface area contributed by atoms with Crippen LogP contribution in [0, 0.1) is 0 Å². The molecule has 2 aromatic rings. The average Bonchev–Trinajstić information content (AvgIpc) is 3.36. The van der Waals surface area contributed by atoms with Gasteiger partial charge in [-0.05, 0) is 36.5 Å². The first-order chi connectivity index (χ1) is 12.3. The maximum absolute atomic E-state index is 13.3. The van der Waals surface area contributed by atoms with Crippen LogP contribution in [-0.4, -0.2) is 23.4 Å². The van der Waals surface area contributed by atoms with E-state index >= 15 is 0 Å². The number of para-hydroxylation sites is 1. The molecule has 1 saturated heterocycles. The summed E-state index contributed by atoms with van der Waals surface area (Å²) in [4.78, 5) is 15.9. The number of carbonyl (C=O) groups is 1. The van der Waals surface area contributed by atoms with Crippen molar-refractivity contribution >= 4 is 11.6 Å². The van der Waals surface area contributed by atoms with Crippen LogP contribution in [0.3, 0.4) is 0 Å². The van der Waals surface area contributed by atoms with E-state index in [4.69, 9.17) is 0 Å². The van der Waals surface area contributed by atoms with Crippen molar-refractivity contribution in [2.24, 2.45) is 0 Å². The maximum atomic E-state index is 13.3. The molecule has 25 heavy (non-hydrogen) atoms. The molecule has 0 bridgehead atoms. The molecule has 2 aromatic carbocycles. The van der Waals surface area contributed by atoms with Gasteiger partial charge in [0.05, 0.1) is 11.5 Å². The number of benzene rings is 2. The SMILES string of the molecule is O=C1Nc2ccccc2[C@]12CCN(C1CCCC1)[C@H]2c1ccccc1. The molecule has 2 atom stereocenters. The molecule has 1 N–H and O–H groups in total. The van der Waals surface area contributed by atoms with E-state index in [1.165, 1.54) is 36.8 Å². The lowest BCUT2D eigenvalue weighted by Crippen LogP contribution is -2.43. The van der Waals surface area contributed by atoms with Crippen molar-refractivity contribution in [1.29, 1.82) is 0 Å². The molecule has 0 aromatic heterocycles. The molecule has 3 heteroatoms. The van der Waals surface area contributed by atoms with E-state index in [-0.39, 0.29) is 11.9 Å². The first-order valence-corrected chi connectivity index (χ1v) is 9.52. The Kier molecular flexibility index (Phi) is 3.46. The summed E-state index contributed by atoms with van der Waals surface area (Å²) in [5.41, 5.74) is 3.02. The highest BCUT2D eigenvalue weighted by molar-refractivity contribution is 6.07. The van der Waals surface area contributed by atoms with Gasteiger partial charge in [-0.1, -0.05) is 61.4 Å². The quantitative estimate of drug-likeness (QED) is 0.891. The Morgan fingerprint density at radius 3 is 2.48 bits per heavy atom. The monoisotopic (exact) mass is 332 g/mol. The summed E-state index contributed by atoms with van der Waals surface area (Å²) in [5.74, 6) is 0.183. The lowest BCUT2D eigenvalue weighted by molar-refractivity contribution is -0.122. The smallest absolute Gasteiger partial charge is 0.237 e. The number of amides is 1. The lowest BCUT2D eigenvalue weighted by atomic mass is 9.72. The number of anilines is 1. The van der Waals surface area contributed by atoms with Crippen molar-refractivity contribution in [3.8, 4) is 0 Å². The molecular formula is C22H24N2O. The van der Waals surface area contributed by atoms with Gasteiger partial charge in [-0.2, -0.15) is 0 Å².